The third-order valence-electron chi connectivity index (χ3n) is 3.45. The molecule has 2 rings (SSSR count). The molecule has 6 atom stereocenters. The number of hydrogen-bond acceptors (Lipinski definition) is 11. The topological polar surface area (TPSA) is 228 Å². The van der Waals surface area contributed by atoms with Gasteiger partial charge in [0.25, 0.3) is 0 Å². The molecular weight excluding hydrogens is 477 g/mol. The van der Waals surface area contributed by atoms with E-state index in [1.54, 1.807) is 12.1 Å². The van der Waals surface area contributed by atoms with Crippen LogP contribution in [-0.4, -0.2) is 68.1 Å². The second kappa shape index (κ2) is 9.72. The van der Waals surface area contributed by atoms with Crippen LogP contribution in [0.4, 0.5) is 0 Å². The van der Waals surface area contributed by atoms with Crippen LogP contribution < -0.4 is 9.47 Å². The van der Waals surface area contributed by atoms with Crippen molar-refractivity contribution in [3.63, 3.8) is 0 Å². The van der Waals surface area contributed by atoms with Gasteiger partial charge in [0.1, 0.15) is 29.8 Å². The molecule has 0 saturated carbocycles. The maximum atomic E-state index is 11.7. The number of benzene rings is 1. The molecule has 1 fully saturated rings. The summed E-state index contributed by atoms with van der Waals surface area (Å²) in [7, 11) is -15.2. The molecule has 172 valence electrons. The molecule has 1 aliphatic heterocycles. The van der Waals surface area contributed by atoms with Crippen LogP contribution in [0, 0.1) is 0 Å². The van der Waals surface area contributed by atoms with Gasteiger partial charge in [-0.3, -0.25) is 4.52 Å². The van der Waals surface area contributed by atoms with Crippen LogP contribution in [0.5, 0.6) is 11.5 Å². The van der Waals surface area contributed by atoms with Gasteiger partial charge in [-0.25, -0.2) is 13.7 Å². The SMILES string of the molecule is COc1ccc(OC2OC(COP(=O)(O)OP(=O)(O)OP(=O)(O)O)[C@@H](O)[C@H]2O)cc1. The summed E-state index contributed by atoms with van der Waals surface area (Å²) in [5.41, 5.74) is 0. The van der Waals surface area contributed by atoms with Crippen molar-refractivity contribution < 1.29 is 70.8 Å². The Morgan fingerprint density at radius 1 is 0.900 bits per heavy atom. The lowest BCUT2D eigenvalue weighted by Crippen LogP contribution is -2.35. The van der Waals surface area contributed by atoms with Crippen molar-refractivity contribution in [2.24, 2.45) is 0 Å². The van der Waals surface area contributed by atoms with E-state index in [9.17, 15) is 28.8 Å². The van der Waals surface area contributed by atoms with Crippen molar-refractivity contribution in [3.05, 3.63) is 24.3 Å². The molecule has 0 amide bonds. The Kier molecular flexibility index (Phi) is 8.22. The molecule has 0 aromatic heterocycles. The highest BCUT2D eigenvalue weighted by molar-refractivity contribution is 7.66. The van der Waals surface area contributed by atoms with Gasteiger partial charge >= 0.3 is 23.5 Å². The van der Waals surface area contributed by atoms with Crippen molar-refractivity contribution in [1.29, 1.82) is 0 Å². The van der Waals surface area contributed by atoms with Gasteiger partial charge in [0.2, 0.25) is 6.29 Å². The molecule has 0 radical (unpaired) electrons. The standard InChI is InChI=1S/C12H19O15P3/c1-22-7-2-4-8(5-3-7)24-12-11(14)10(13)9(25-12)6-23-29(18,19)27-30(20,21)26-28(15,16)17/h2-5,9-14H,6H2,1H3,(H,18,19)(H,20,21)(H2,15,16,17)/t9?,10-,11-,12?/m1/s1. The highest BCUT2D eigenvalue weighted by Crippen LogP contribution is 2.66. The normalized spacial score (nSPS) is 28.5. The van der Waals surface area contributed by atoms with E-state index in [4.69, 9.17) is 28.9 Å². The van der Waals surface area contributed by atoms with Crippen LogP contribution >= 0.6 is 23.5 Å². The van der Waals surface area contributed by atoms with E-state index >= 15 is 0 Å². The Hall–Kier alpha value is -0.890. The summed E-state index contributed by atoms with van der Waals surface area (Å²) in [5, 5.41) is 20.0. The quantitative estimate of drug-likeness (QED) is 0.232. The number of ether oxygens (including phenoxy) is 3. The summed E-state index contributed by atoms with van der Waals surface area (Å²) >= 11 is 0. The number of phosphoric ester groups is 1. The highest BCUT2D eigenvalue weighted by atomic mass is 31.3. The van der Waals surface area contributed by atoms with Crippen LogP contribution in [0.25, 0.3) is 0 Å². The minimum absolute atomic E-state index is 0.237. The van der Waals surface area contributed by atoms with E-state index in [0.717, 1.165) is 0 Å². The Bertz CT molecular complexity index is 853. The number of aliphatic hydroxyl groups is 2. The lowest BCUT2D eigenvalue weighted by Gasteiger charge is -2.19. The first-order chi connectivity index (χ1) is 13.7. The van der Waals surface area contributed by atoms with E-state index in [-0.39, 0.29) is 5.75 Å². The molecule has 0 bridgehead atoms. The summed E-state index contributed by atoms with van der Waals surface area (Å²) in [6.07, 6.45) is -6.09. The molecule has 1 aromatic carbocycles. The third kappa shape index (κ3) is 7.66. The number of phosphoric acid groups is 3. The van der Waals surface area contributed by atoms with Crippen LogP contribution in [0.3, 0.4) is 0 Å². The molecule has 0 aliphatic carbocycles. The van der Waals surface area contributed by atoms with Crippen molar-refractivity contribution in [1.82, 2.24) is 0 Å². The Morgan fingerprint density at radius 2 is 1.47 bits per heavy atom. The smallest absolute Gasteiger partial charge is 0.490 e. The molecular formula is C12H19O15P3. The predicted molar refractivity (Wildman–Crippen MR) is 94.1 cm³/mol. The maximum absolute atomic E-state index is 11.7. The van der Waals surface area contributed by atoms with Crippen molar-refractivity contribution in [2.75, 3.05) is 13.7 Å². The molecule has 1 heterocycles. The van der Waals surface area contributed by atoms with E-state index in [0.29, 0.717) is 5.75 Å². The van der Waals surface area contributed by atoms with E-state index in [1.807, 2.05) is 0 Å². The number of aliphatic hydroxyl groups excluding tert-OH is 2. The fourth-order valence-electron chi connectivity index (χ4n) is 2.21. The fourth-order valence-corrected chi connectivity index (χ4v) is 5.24. The van der Waals surface area contributed by atoms with Gasteiger partial charge in [-0.1, -0.05) is 0 Å². The van der Waals surface area contributed by atoms with Gasteiger partial charge in [-0.15, -0.1) is 0 Å². The molecule has 6 N–H and O–H groups in total. The third-order valence-corrected chi connectivity index (χ3v) is 7.25. The van der Waals surface area contributed by atoms with Crippen LogP contribution in [0.2, 0.25) is 0 Å². The van der Waals surface area contributed by atoms with E-state index in [2.05, 4.69) is 13.1 Å². The monoisotopic (exact) mass is 496 g/mol. The average molecular weight is 496 g/mol. The lowest BCUT2D eigenvalue weighted by atomic mass is 10.1. The molecule has 15 nitrogen and oxygen atoms in total. The van der Waals surface area contributed by atoms with Crippen molar-refractivity contribution >= 4 is 23.5 Å². The molecule has 0 spiro atoms. The summed E-state index contributed by atoms with van der Waals surface area (Å²) < 4.78 is 60.5. The first-order valence-electron chi connectivity index (χ1n) is 7.82. The molecule has 1 aromatic rings. The molecule has 1 aliphatic rings. The minimum atomic E-state index is -5.68. The van der Waals surface area contributed by atoms with Crippen LogP contribution in [0.15, 0.2) is 24.3 Å². The largest absolute Gasteiger partial charge is 0.497 e. The van der Waals surface area contributed by atoms with Gasteiger partial charge < -0.3 is 44.0 Å². The van der Waals surface area contributed by atoms with E-state index < -0.39 is 54.7 Å². The van der Waals surface area contributed by atoms with E-state index in [1.165, 1.54) is 19.2 Å². The number of rotatable bonds is 10. The predicted octanol–water partition coefficient (Wildman–Crippen LogP) is -0.136. The zero-order valence-electron chi connectivity index (χ0n) is 15.0. The molecule has 4 unspecified atom stereocenters. The highest BCUT2D eigenvalue weighted by Gasteiger charge is 2.46. The Morgan fingerprint density at radius 3 is 2.00 bits per heavy atom. The first-order valence-corrected chi connectivity index (χ1v) is 12.3. The second-order valence-electron chi connectivity index (χ2n) is 5.70. The lowest BCUT2D eigenvalue weighted by molar-refractivity contribution is -0.115. The fraction of sp³-hybridized carbons (Fsp3) is 0.500. The summed E-state index contributed by atoms with van der Waals surface area (Å²) in [5.74, 6) is 0.768. The van der Waals surface area contributed by atoms with Crippen molar-refractivity contribution in [3.8, 4) is 11.5 Å². The number of methoxy groups -OCH3 is 1. The zero-order valence-corrected chi connectivity index (χ0v) is 17.7. The van der Waals surface area contributed by atoms with Gasteiger partial charge in [0.05, 0.1) is 13.7 Å². The second-order valence-corrected chi connectivity index (χ2v) is 10.1. The summed E-state index contributed by atoms with van der Waals surface area (Å²) in [6.45, 7) is -0.940. The van der Waals surface area contributed by atoms with Crippen molar-refractivity contribution in [2.45, 2.75) is 24.6 Å². The Labute approximate surface area is 169 Å². The Balaban J connectivity index is 1.94. The molecule has 1 saturated heterocycles. The summed E-state index contributed by atoms with van der Waals surface area (Å²) in [4.78, 5) is 35.4. The average Bonchev–Trinajstić information content (AvgIpc) is 2.85. The van der Waals surface area contributed by atoms with Gasteiger partial charge in [-0.2, -0.15) is 8.62 Å². The number of hydrogen-bond donors (Lipinski definition) is 6. The zero-order chi connectivity index (χ0) is 22.7. The van der Waals surface area contributed by atoms with Crippen LogP contribution in [-0.2, 0) is 31.6 Å². The van der Waals surface area contributed by atoms with Crippen LogP contribution in [0.1, 0.15) is 0 Å². The molecule has 30 heavy (non-hydrogen) atoms. The van der Waals surface area contributed by atoms with Gasteiger partial charge in [0, 0.05) is 0 Å². The first kappa shape index (κ1) is 25.4. The minimum Gasteiger partial charge on any atom is -0.497 e. The summed E-state index contributed by atoms with van der Waals surface area (Å²) in [6, 6.07) is 6.08. The van der Waals surface area contributed by atoms with Gasteiger partial charge in [0.15, 0.2) is 0 Å². The maximum Gasteiger partial charge on any atom is 0.490 e. The van der Waals surface area contributed by atoms with Gasteiger partial charge in [-0.05, 0) is 24.3 Å². The molecule has 18 heteroatoms.